The van der Waals surface area contributed by atoms with Crippen LogP contribution in [-0.2, 0) is 9.53 Å². The average molecular weight is 531 g/mol. The molecule has 2 heterocycles. The maximum Gasteiger partial charge on any atom is 0.338 e. The fourth-order valence-electron chi connectivity index (χ4n) is 4.12. The van der Waals surface area contributed by atoms with Gasteiger partial charge in [-0.25, -0.2) is 9.79 Å². The number of esters is 1. The molecule has 0 saturated carbocycles. The van der Waals surface area contributed by atoms with Crippen molar-refractivity contribution in [2.75, 3.05) is 13.2 Å². The number of nitrogens with zero attached hydrogens (tertiary/aromatic N) is 2. The molecule has 2 aromatic carbocycles. The maximum absolute atomic E-state index is 13.7. The molecule has 1 aromatic heterocycles. The van der Waals surface area contributed by atoms with Crippen molar-refractivity contribution in [1.82, 2.24) is 4.57 Å². The molecule has 1 atom stereocenters. The van der Waals surface area contributed by atoms with Gasteiger partial charge in [0.15, 0.2) is 4.80 Å². The summed E-state index contributed by atoms with van der Waals surface area (Å²) in [7, 11) is 0. The molecule has 0 aliphatic carbocycles. The van der Waals surface area contributed by atoms with Crippen molar-refractivity contribution in [2.45, 2.75) is 46.6 Å². The van der Waals surface area contributed by atoms with E-state index in [1.807, 2.05) is 80.6 Å². The SMILES string of the molecule is CCCCOc1ccc(C2C(C(=O)OCC(C)C)=C(C)N=c3s/c(=C\C=C\c4ccccc4)c(=O)n32)cc1. The van der Waals surface area contributed by atoms with Gasteiger partial charge in [-0.3, -0.25) is 9.36 Å². The van der Waals surface area contributed by atoms with Crippen LogP contribution < -0.4 is 19.6 Å². The molecular weight excluding hydrogens is 496 g/mol. The molecule has 38 heavy (non-hydrogen) atoms. The predicted octanol–water partition coefficient (Wildman–Crippen LogP) is 5.28. The zero-order valence-electron chi connectivity index (χ0n) is 22.3. The minimum Gasteiger partial charge on any atom is -0.494 e. The standard InChI is InChI=1S/C31H34N2O4S/c1-5-6-19-36-25-17-15-24(16-18-25)28-27(30(35)37-20-21(2)3)22(4)32-31-33(28)29(34)26(38-31)14-10-13-23-11-8-7-9-12-23/h7-18,21,28H,5-6,19-20H2,1-4H3/b13-10+,26-14-. The van der Waals surface area contributed by atoms with E-state index in [2.05, 4.69) is 11.9 Å². The van der Waals surface area contributed by atoms with Gasteiger partial charge in [0.1, 0.15) is 5.75 Å². The largest absolute Gasteiger partial charge is 0.494 e. The molecule has 0 bridgehead atoms. The number of hydrogen-bond acceptors (Lipinski definition) is 6. The van der Waals surface area contributed by atoms with Gasteiger partial charge in [-0.1, -0.05) is 93.1 Å². The van der Waals surface area contributed by atoms with Crippen molar-refractivity contribution in [1.29, 1.82) is 0 Å². The van der Waals surface area contributed by atoms with Gasteiger partial charge in [-0.05, 0) is 48.6 Å². The lowest BCUT2D eigenvalue weighted by molar-refractivity contribution is -0.140. The highest BCUT2D eigenvalue weighted by atomic mass is 32.1. The summed E-state index contributed by atoms with van der Waals surface area (Å²) in [6.07, 6.45) is 7.65. The van der Waals surface area contributed by atoms with Crippen LogP contribution in [0, 0.1) is 5.92 Å². The van der Waals surface area contributed by atoms with Crippen LogP contribution in [-0.4, -0.2) is 23.8 Å². The van der Waals surface area contributed by atoms with Crippen LogP contribution in [0.3, 0.4) is 0 Å². The molecule has 4 rings (SSSR count). The molecule has 0 fully saturated rings. The van der Waals surface area contributed by atoms with Crippen LogP contribution in [0.2, 0.25) is 0 Å². The highest BCUT2D eigenvalue weighted by Crippen LogP contribution is 2.31. The molecule has 6 nitrogen and oxygen atoms in total. The van der Waals surface area contributed by atoms with E-state index in [0.29, 0.717) is 33.8 Å². The minimum atomic E-state index is -0.643. The van der Waals surface area contributed by atoms with E-state index >= 15 is 0 Å². The lowest BCUT2D eigenvalue weighted by Crippen LogP contribution is -2.40. The van der Waals surface area contributed by atoms with Gasteiger partial charge in [0, 0.05) is 0 Å². The second-order valence-electron chi connectivity index (χ2n) is 9.64. The Balaban J connectivity index is 1.76. The number of carbonyl (C=O) groups is 1. The number of hydrogen-bond donors (Lipinski definition) is 0. The average Bonchev–Trinajstić information content (AvgIpc) is 3.22. The smallest absolute Gasteiger partial charge is 0.338 e. The van der Waals surface area contributed by atoms with Gasteiger partial charge in [0.2, 0.25) is 0 Å². The maximum atomic E-state index is 13.7. The van der Waals surface area contributed by atoms with Gasteiger partial charge in [0.05, 0.1) is 35.1 Å². The van der Waals surface area contributed by atoms with E-state index in [4.69, 9.17) is 9.47 Å². The van der Waals surface area contributed by atoms with Crippen LogP contribution in [0.4, 0.5) is 0 Å². The van der Waals surface area contributed by atoms with Gasteiger partial charge >= 0.3 is 5.97 Å². The van der Waals surface area contributed by atoms with Gasteiger partial charge in [0.25, 0.3) is 5.56 Å². The summed E-state index contributed by atoms with van der Waals surface area (Å²) in [5, 5.41) is 0. The molecule has 0 amide bonds. The number of allylic oxidation sites excluding steroid dienone is 2. The molecule has 0 N–H and O–H groups in total. The highest BCUT2D eigenvalue weighted by Gasteiger charge is 2.33. The molecule has 7 heteroatoms. The number of unbranched alkanes of at least 4 members (excludes halogenated alkanes) is 1. The third-order valence-electron chi connectivity index (χ3n) is 6.09. The quantitative estimate of drug-likeness (QED) is 0.264. The highest BCUT2D eigenvalue weighted by molar-refractivity contribution is 7.07. The summed E-state index contributed by atoms with van der Waals surface area (Å²) in [5.41, 5.74) is 2.58. The monoisotopic (exact) mass is 530 g/mol. The topological polar surface area (TPSA) is 69.9 Å². The Labute approximate surface area is 227 Å². The summed E-state index contributed by atoms with van der Waals surface area (Å²) >= 11 is 1.31. The summed E-state index contributed by atoms with van der Waals surface area (Å²) in [5.74, 6) is 0.493. The summed E-state index contributed by atoms with van der Waals surface area (Å²) in [6, 6.07) is 16.8. The molecule has 0 spiro atoms. The van der Waals surface area contributed by atoms with Crippen LogP contribution in [0.5, 0.6) is 5.75 Å². The molecule has 1 aliphatic heterocycles. The number of carbonyl (C=O) groups excluding carboxylic acids is 1. The number of fused-ring (bicyclic) bond motifs is 1. The van der Waals surface area contributed by atoms with E-state index in [0.717, 1.165) is 29.7 Å². The van der Waals surface area contributed by atoms with Gasteiger partial charge in [-0.15, -0.1) is 0 Å². The normalized spacial score (nSPS) is 15.6. The second-order valence-corrected chi connectivity index (χ2v) is 10.6. The van der Waals surface area contributed by atoms with E-state index in [1.54, 1.807) is 17.6 Å². The van der Waals surface area contributed by atoms with E-state index in [9.17, 15) is 9.59 Å². The molecule has 0 saturated heterocycles. The Morgan fingerprint density at radius 2 is 1.87 bits per heavy atom. The van der Waals surface area contributed by atoms with Crippen molar-refractivity contribution >= 4 is 29.5 Å². The zero-order valence-corrected chi connectivity index (χ0v) is 23.2. The van der Waals surface area contributed by atoms with Gasteiger partial charge < -0.3 is 9.47 Å². The van der Waals surface area contributed by atoms with Crippen molar-refractivity contribution in [3.05, 3.63) is 103 Å². The fourth-order valence-corrected chi connectivity index (χ4v) is 5.12. The molecule has 1 aliphatic rings. The minimum absolute atomic E-state index is 0.190. The third kappa shape index (κ3) is 6.40. The fraction of sp³-hybridized carbons (Fsp3) is 0.323. The van der Waals surface area contributed by atoms with Crippen LogP contribution in [0.15, 0.2) is 81.7 Å². The van der Waals surface area contributed by atoms with Crippen molar-refractivity contribution in [3.8, 4) is 5.75 Å². The Bertz CT molecular complexity index is 1500. The number of ether oxygens (including phenoxy) is 2. The Kier molecular flexibility index (Phi) is 9.13. The van der Waals surface area contributed by atoms with E-state index in [-0.39, 0.29) is 11.5 Å². The van der Waals surface area contributed by atoms with Crippen molar-refractivity contribution < 1.29 is 14.3 Å². The Hall–Kier alpha value is -3.71. The van der Waals surface area contributed by atoms with Crippen LogP contribution in [0.1, 0.15) is 57.7 Å². The number of aromatic nitrogens is 1. The number of benzene rings is 2. The van der Waals surface area contributed by atoms with E-state index in [1.165, 1.54) is 11.3 Å². The first-order valence-corrected chi connectivity index (χ1v) is 13.8. The molecule has 1 unspecified atom stereocenters. The van der Waals surface area contributed by atoms with Crippen LogP contribution >= 0.6 is 11.3 Å². The summed E-state index contributed by atoms with van der Waals surface area (Å²) in [6.45, 7) is 8.83. The first-order valence-electron chi connectivity index (χ1n) is 13.0. The third-order valence-corrected chi connectivity index (χ3v) is 7.09. The molecule has 198 valence electrons. The summed E-state index contributed by atoms with van der Waals surface area (Å²) in [4.78, 5) is 32.2. The first-order chi connectivity index (χ1) is 18.4. The second kappa shape index (κ2) is 12.7. The lowest BCUT2D eigenvalue weighted by Gasteiger charge is -2.25. The Morgan fingerprint density at radius 3 is 2.55 bits per heavy atom. The number of rotatable bonds is 10. The van der Waals surface area contributed by atoms with E-state index < -0.39 is 12.0 Å². The predicted molar refractivity (Wildman–Crippen MR) is 153 cm³/mol. The zero-order chi connectivity index (χ0) is 27.1. The molecular formula is C31H34N2O4S. The molecule has 3 aromatic rings. The van der Waals surface area contributed by atoms with Crippen LogP contribution in [0.25, 0.3) is 12.2 Å². The number of thiazole rings is 1. The lowest BCUT2D eigenvalue weighted by atomic mass is 9.96. The van der Waals surface area contributed by atoms with Gasteiger partial charge in [-0.2, -0.15) is 0 Å². The van der Waals surface area contributed by atoms with Crippen molar-refractivity contribution in [3.63, 3.8) is 0 Å². The summed E-state index contributed by atoms with van der Waals surface area (Å²) < 4.78 is 13.6. The Morgan fingerprint density at radius 1 is 1.13 bits per heavy atom. The molecule has 0 radical (unpaired) electrons. The van der Waals surface area contributed by atoms with Crippen molar-refractivity contribution in [2.24, 2.45) is 10.9 Å². The first kappa shape index (κ1) is 27.3.